The van der Waals surface area contributed by atoms with E-state index >= 15 is 0 Å². The number of carboxylic acid groups (broad SMARTS) is 2. The molecule has 0 aliphatic carbocycles. The highest BCUT2D eigenvalue weighted by Gasteiger charge is 2.28. The van der Waals surface area contributed by atoms with Crippen molar-refractivity contribution >= 4 is 27.9 Å². The van der Waals surface area contributed by atoms with Crippen molar-refractivity contribution in [2.45, 2.75) is 10.9 Å². The van der Waals surface area contributed by atoms with Crippen LogP contribution in [0.5, 0.6) is 0 Å². The molecule has 5 nitrogen and oxygen atoms in total. The molecule has 0 aromatic carbocycles. The molecule has 6 heteroatoms. The van der Waals surface area contributed by atoms with Crippen LogP contribution in [-0.2, 0) is 9.59 Å². The Hall–Kier alpha value is -0.620. The fraction of sp³-hybridized carbons (Fsp3) is 0.500. The Labute approximate surface area is 64.4 Å². The number of hydrogen-bond acceptors (Lipinski definition) is 3. The van der Waals surface area contributed by atoms with Crippen LogP contribution in [-0.4, -0.2) is 38.2 Å². The Morgan fingerprint density at radius 1 is 1.20 bits per heavy atom. The average molecular weight is 213 g/mol. The fourth-order valence-electron chi connectivity index (χ4n) is 0.260. The van der Waals surface area contributed by atoms with Crippen LogP contribution >= 0.6 is 15.9 Å². The lowest BCUT2D eigenvalue weighted by molar-refractivity contribution is -0.151. The maximum Gasteiger partial charge on any atom is 0.334 e. The van der Waals surface area contributed by atoms with E-state index in [9.17, 15) is 9.59 Å². The average Bonchev–Trinajstić information content (AvgIpc) is 1.84. The third kappa shape index (κ3) is 2.32. The first-order chi connectivity index (χ1) is 4.46. The monoisotopic (exact) mass is 212 g/mol. The lowest BCUT2D eigenvalue weighted by atomic mass is 10.2. The number of alkyl halides is 1. The summed E-state index contributed by atoms with van der Waals surface area (Å²) in [5, 5.41) is 24.7. The molecule has 0 aliphatic rings. The summed E-state index contributed by atoms with van der Waals surface area (Å²) in [6, 6.07) is 0. The lowest BCUT2D eigenvalue weighted by Gasteiger charge is -2.06. The van der Waals surface area contributed by atoms with Crippen LogP contribution in [0.2, 0.25) is 0 Å². The number of carbonyl (C=O) groups is 2. The molecule has 0 fully saturated rings. The van der Waals surface area contributed by atoms with Crippen LogP contribution in [0.1, 0.15) is 0 Å². The number of halogens is 1. The van der Waals surface area contributed by atoms with Gasteiger partial charge in [-0.15, -0.1) is 0 Å². The second-order valence-electron chi connectivity index (χ2n) is 1.52. The summed E-state index contributed by atoms with van der Waals surface area (Å²) in [6.45, 7) is 0. The number of aliphatic hydroxyl groups is 1. The molecule has 2 unspecified atom stereocenters. The minimum atomic E-state index is -1.91. The van der Waals surface area contributed by atoms with Gasteiger partial charge in [0.25, 0.3) is 0 Å². The van der Waals surface area contributed by atoms with E-state index in [-0.39, 0.29) is 0 Å². The Kier molecular flexibility index (Phi) is 3.31. The number of hydrogen-bond donors (Lipinski definition) is 3. The van der Waals surface area contributed by atoms with Gasteiger partial charge in [-0.3, -0.25) is 4.79 Å². The standard InChI is InChI=1S/C4H5BrO5/c5-1(3(7)8)2(6)4(9)10/h1-2,6H,(H,7,8)(H,9,10). The van der Waals surface area contributed by atoms with Crippen LogP contribution in [0.15, 0.2) is 0 Å². The van der Waals surface area contributed by atoms with E-state index in [1.807, 2.05) is 0 Å². The molecule has 3 N–H and O–H groups in total. The molecule has 0 aromatic rings. The van der Waals surface area contributed by atoms with E-state index in [4.69, 9.17) is 15.3 Å². The van der Waals surface area contributed by atoms with Crippen molar-refractivity contribution in [3.8, 4) is 0 Å². The summed E-state index contributed by atoms with van der Waals surface area (Å²) < 4.78 is 0. The van der Waals surface area contributed by atoms with E-state index in [0.29, 0.717) is 0 Å². The highest BCUT2D eigenvalue weighted by Crippen LogP contribution is 2.05. The summed E-state index contributed by atoms with van der Waals surface area (Å²) >= 11 is 2.48. The smallest absolute Gasteiger partial charge is 0.334 e. The summed E-state index contributed by atoms with van der Waals surface area (Å²) in [6.07, 6.45) is -1.91. The van der Waals surface area contributed by atoms with Crippen LogP contribution < -0.4 is 0 Å². The first kappa shape index (κ1) is 9.38. The predicted octanol–water partition coefficient (Wildman–Crippen LogP) is -0.720. The van der Waals surface area contributed by atoms with Crippen LogP contribution in [0.25, 0.3) is 0 Å². The summed E-state index contributed by atoms with van der Waals surface area (Å²) in [7, 11) is 0. The molecule has 0 saturated heterocycles. The van der Waals surface area contributed by atoms with Crippen molar-refractivity contribution in [2.75, 3.05) is 0 Å². The first-order valence-corrected chi connectivity index (χ1v) is 3.16. The highest BCUT2D eigenvalue weighted by molar-refractivity contribution is 9.10. The number of aliphatic hydroxyl groups excluding tert-OH is 1. The van der Waals surface area contributed by atoms with Gasteiger partial charge < -0.3 is 15.3 Å². The number of carboxylic acids is 2. The minimum Gasteiger partial charge on any atom is -0.480 e. The normalized spacial score (nSPS) is 15.8. The second-order valence-corrected chi connectivity index (χ2v) is 2.51. The molecule has 2 atom stereocenters. The van der Waals surface area contributed by atoms with E-state index in [1.165, 1.54) is 0 Å². The van der Waals surface area contributed by atoms with Gasteiger partial charge in [0.1, 0.15) is 4.83 Å². The molecule has 0 amide bonds. The number of rotatable bonds is 3. The third-order valence-corrected chi connectivity index (χ3v) is 1.66. The molecule has 0 rings (SSSR count). The van der Waals surface area contributed by atoms with Crippen LogP contribution in [0, 0.1) is 0 Å². The topological polar surface area (TPSA) is 94.8 Å². The molecule has 0 saturated carbocycles. The van der Waals surface area contributed by atoms with Gasteiger partial charge in [0, 0.05) is 0 Å². The molecule has 0 bridgehead atoms. The van der Waals surface area contributed by atoms with Crippen molar-refractivity contribution in [3.63, 3.8) is 0 Å². The highest BCUT2D eigenvalue weighted by atomic mass is 79.9. The zero-order chi connectivity index (χ0) is 8.31. The summed E-state index contributed by atoms with van der Waals surface area (Å²) in [5.74, 6) is -2.97. The third-order valence-electron chi connectivity index (χ3n) is 0.766. The van der Waals surface area contributed by atoms with E-state index in [2.05, 4.69) is 15.9 Å². The van der Waals surface area contributed by atoms with Gasteiger partial charge in [-0.2, -0.15) is 0 Å². The van der Waals surface area contributed by atoms with Gasteiger partial charge in [-0.05, 0) is 0 Å². The number of aliphatic carboxylic acids is 2. The summed E-state index contributed by atoms with van der Waals surface area (Å²) in [4.78, 5) is 18.4. The molecule has 0 spiro atoms. The Morgan fingerprint density at radius 2 is 1.60 bits per heavy atom. The molecule has 10 heavy (non-hydrogen) atoms. The van der Waals surface area contributed by atoms with Crippen molar-refractivity contribution in [1.29, 1.82) is 0 Å². The largest absolute Gasteiger partial charge is 0.480 e. The van der Waals surface area contributed by atoms with E-state index < -0.39 is 22.9 Å². The van der Waals surface area contributed by atoms with E-state index in [0.717, 1.165) is 0 Å². The lowest BCUT2D eigenvalue weighted by Crippen LogP contribution is -2.35. The van der Waals surface area contributed by atoms with Crippen molar-refractivity contribution in [3.05, 3.63) is 0 Å². The van der Waals surface area contributed by atoms with Gasteiger partial charge in [-0.1, -0.05) is 15.9 Å². The first-order valence-electron chi connectivity index (χ1n) is 2.24. The molecular weight excluding hydrogens is 208 g/mol. The van der Waals surface area contributed by atoms with Crippen molar-refractivity contribution in [2.24, 2.45) is 0 Å². The van der Waals surface area contributed by atoms with Gasteiger partial charge in [0.05, 0.1) is 0 Å². The predicted molar refractivity (Wildman–Crippen MR) is 34.0 cm³/mol. The maximum absolute atomic E-state index is 9.97. The van der Waals surface area contributed by atoms with Crippen LogP contribution in [0.3, 0.4) is 0 Å². The zero-order valence-corrected chi connectivity index (χ0v) is 6.28. The molecule has 0 heterocycles. The van der Waals surface area contributed by atoms with E-state index in [1.54, 1.807) is 0 Å². The molecular formula is C4H5BrO5. The quantitative estimate of drug-likeness (QED) is 0.537. The van der Waals surface area contributed by atoms with Crippen LogP contribution in [0.4, 0.5) is 0 Å². The molecule has 0 radical (unpaired) electrons. The second kappa shape index (κ2) is 3.52. The molecule has 0 aliphatic heterocycles. The van der Waals surface area contributed by atoms with Gasteiger partial charge >= 0.3 is 11.9 Å². The Bertz CT molecular complexity index is 138. The SMILES string of the molecule is O=C(O)C(O)C(Br)C(=O)O. The summed E-state index contributed by atoms with van der Waals surface area (Å²) in [5.41, 5.74) is 0. The minimum absolute atomic E-state index is 1.41. The Balaban J connectivity index is 4.07. The van der Waals surface area contributed by atoms with Crippen molar-refractivity contribution in [1.82, 2.24) is 0 Å². The zero-order valence-electron chi connectivity index (χ0n) is 4.69. The molecule has 0 aromatic heterocycles. The fourth-order valence-corrected chi connectivity index (χ4v) is 0.486. The maximum atomic E-state index is 9.97. The van der Waals surface area contributed by atoms with Gasteiger partial charge in [0.2, 0.25) is 0 Å². The molecule has 58 valence electrons. The van der Waals surface area contributed by atoms with Crippen molar-refractivity contribution < 1.29 is 24.9 Å². The van der Waals surface area contributed by atoms with Gasteiger partial charge in [-0.25, -0.2) is 4.79 Å². The van der Waals surface area contributed by atoms with Gasteiger partial charge in [0.15, 0.2) is 6.10 Å². The Morgan fingerprint density at radius 3 is 1.70 bits per heavy atom.